The first-order valence-electron chi connectivity index (χ1n) is 7.31. The third-order valence-corrected chi connectivity index (χ3v) is 4.33. The summed E-state index contributed by atoms with van der Waals surface area (Å²) in [7, 11) is 0. The highest BCUT2D eigenvalue weighted by molar-refractivity contribution is 9.09. The molecule has 0 aliphatic carbocycles. The molecule has 1 rings (SSSR count). The van der Waals surface area contributed by atoms with Gasteiger partial charge in [0.1, 0.15) is 6.10 Å². The molecule has 0 aromatic heterocycles. The Labute approximate surface area is 135 Å². The molecule has 1 aliphatic rings. The number of ether oxygens (including phenoxy) is 2. The molecule has 0 saturated carbocycles. The van der Waals surface area contributed by atoms with Crippen LogP contribution in [0.25, 0.3) is 0 Å². The number of halogens is 1. The van der Waals surface area contributed by atoms with Gasteiger partial charge < -0.3 is 9.47 Å². The Morgan fingerprint density at radius 2 is 2.29 bits per heavy atom. The van der Waals surface area contributed by atoms with Gasteiger partial charge in [-0.15, -0.1) is 6.42 Å². The molecule has 4 atom stereocenters. The Kier molecular flexibility index (Phi) is 8.41. The monoisotopic (exact) mass is 354 g/mol. The Hall–Kier alpha value is -1.05. The van der Waals surface area contributed by atoms with E-state index in [4.69, 9.17) is 15.9 Å². The molecule has 3 nitrogen and oxygen atoms in total. The smallest absolute Gasteiger partial charge is 0.303 e. The minimum Gasteiger partial charge on any atom is -0.459 e. The summed E-state index contributed by atoms with van der Waals surface area (Å²) in [5.74, 6) is 2.15. The maximum absolute atomic E-state index is 11.3. The van der Waals surface area contributed by atoms with Crippen molar-refractivity contribution in [3.05, 3.63) is 24.3 Å². The minimum atomic E-state index is -0.316. The second-order valence-electron chi connectivity index (χ2n) is 5.03. The van der Waals surface area contributed by atoms with Gasteiger partial charge in [-0.1, -0.05) is 47.0 Å². The second-order valence-corrected chi connectivity index (χ2v) is 6.21. The molecule has 0 N–H and O–H groups in total. The number of rotatable bonds is 5. The van der Waals surface area contributed by atoms with Gasteiger partial charge in [0.05, 0.1) is 12.2 Å². The highest BCUT2D eigenvalue weighted by Crippen LogP contribution is 2.25. The quantitative estimate of drug-likeness (QED) is 0.326. The van der Waals surface area contributed by atoms with Crippen LogP contribution in [0.1, 0.15) is 39.5 Å². The fraction of sp³-hybridized carbons (Fsp3) is 0.588. The molecule has 0 aromatic carbocycles. The number of allylic oxidation sites excluding steroid dienone is 2. The molecular weight excluding hydrogens is 332 g/mol. The van der Waals surface area contributed by atoms with Crippen LogP contribution in [0.3, 0.4) is 0 Å². The molecule has 1 aliphatic heterocycles. The predicted molar refractivity (Wildman–Crippen MR) is 88.2 cm³/mol. The van der Waals surface area contributed by atoms with Gasteiger partial charge in [0.15, 0.2) is 0 Å². The predicted octanol–water partition coefficient (Wildman–Crippen LogP) is 3.77. The van der Waals surface area contributed by atoms with Crippen LogP contribution in [0.15, 0.2) is 24.3 Å². The molecule has 21 heavy (non-hydrogen) atoms. The molecule has 1 heterocycles. The zero-order chi connectivity index (χ0) is 15.7. The Morgan fingerprint density at radius 1 is 1.57 bits per heavy atom. The Morgan fingerprint density at radius 3 is 2.90 bits per heavy atom. The van der Waals surface area contributed by atoms with E-state index in [1.54, 1.807) is 6.08 Å². The van der Waals surface area contributed by atoms with E-state index in [9.17, 15) is 4.79 Å². The lowest BCUT2D eigenvalue weighted by Crippen LogP contribution is -2.38. The van der Waals surface area contributed by atoms with Crippen LogP contribution >= 0.6 is 15.9 Å². The number of hydrogen-bond acceptors (Lipinski definition) is 3. The van der Waals surface area contributed by atoms with E-state index in [1.807, 2.05) is 6.08 Å². The molecule has 0 amide bonds. The molecule has 0 spiro atoms. The summed E-state index contributed by atoms with van der Waals surface area (Å²) in [5.41, 5.74) is 0. The van der Waals surface area contributed by atoms with Gasteiger partial charge in [-0.25, -0.2) is 0 Å². The number of esters is 1. The van der Waals surface area contributed by atoms with Gasteiger partial charge in [0.2, 0.25) is 0 Å². The van der Waals surface area contributed by atoms with Crippen molar-refractivity contribution in [2.75, 3.05) is 0 Å². The lowest BCUT2D eigenvalue weighted by atomic mass is 10.0. The van der Waals surface area contributed by atoms with E-state index in [2.05, 4.69) is 40.9 Å². The number of carbonyl (C=O) groups is 1. The third-order valence-electron chi connectivity index (χ3n) is 3.37. The fourth-order valence-electron chi connectivity index (χ4n) is 2.32. The van der Waals surface area contributed by atoms with Crippen LogP contribution < -0.4 is 0 Å². The molecule has 4 unspecified atom stereocenters. The maximum Gasteiger partial charge on any atom is 0.303 e. The van der Waals surface area contributed by atoms with Crippen molar-refractivity contribution >= 4 is 21.9 Å². The van der Waals surface area contributed by atoms with Gasteiger partial charge >= 0.3 is 5.97 Å². The molecular formula is C17H23BrO3. The zero-order valence-corrected chi connectivity index (χ0v) is 14.2. The van der Waals surface area contributed by atoms with Gasteiger partial charge in [-0.3, -0.25) is 4.79 Å². The highest BCUT2D eigenvalue weighted by atomic mass is 79.9. The van der Waals surface area contributed by atoms with Crippen molar-refractivity contribution in [2.45, 2.75) is 62.7 Å². The second kappa shape index (κ2) is 9.81. The van der Waals surface area contributed by atoms with E-state index in [0.29, 0.717) is 6.42 Å². The fourth-order valence-corrected chi connectivity index (χ4v) is 3.04. The first-order valence-corrected chi connectivity index (χ1v) is 8.22. The Bertz CT molecular complexity index is 422. The first kappa shape index (κ1) is 18.0. The molecule has 4 heteroatoms. The van der Waals surface area contributed by atoms with Crippen LogP contribution in [-0.2, 0) is 14.3 Å². The van der Waals surface area contributed by atoms with Crippen LogP contribution in [0.5, 0.6) is 0 Å². The molecule has 0 bridgehead atoms. The maximum atomic E-state index is 11.3. The molecule has 116 valence electrons. The average molecular weight is 355 g/mol. The summed E-state index contributed by atoms with van der Waals surface area (Å²) in [6.45, 7) is 3.52. The van der Waals surface area contributed by atoms with Crippen molar-refractivity contribution in [1.29, 1.82) is 0 Å². The van der Waals surface area contributed by atoms with Gasteiger partial charge in [-0.05, 0) is 25.3 Å². The molecule has 0 saturated heterocycles. The van der Waals surface area contributed by atoms with Crippen LogP contribution in [-0.4, -0.2) is 29.1 Å². The van der Waals surface area contributed by atoms with Crippen LogP contribution in [0, 0.1) is 12.3 Å². The summed E-state index contributed by atoms with van der Waals surface area (Å²) >= 11 is 3.67. The van der Waals surface area contributed by atoms with E-state index in [1.165, 1.54) is 6.92 Å². The number of hydrogen-bond donors (Lipinski definition) is 0. The topological polar surface area (TPSA) is 35.5 Å². The van der Waals surface area contributed by atoms with Crippen molar-refractivity contribution in [2.24, 2.45) is 0 Å². The summed E-state index contributed by atoms with van der Waals surface area (Å²) in [6.07, 6.45) is 15.7. The third kappa shape index (κ3) is 6.50. The van der Waals surface area contributed by atoms with Crippen LogP contribution in [0.2, 0.25) is 0 Å². The highest BCUT2D eigenvalue weighted by Gasteiger charge is 2.29. The Balaban J connectivity index is 2.83. The first-order chi connectivity index (χ1) is 10.1. The number of carbonyl (C=O) groups excluding carboxylic acids is 1. The van der Waals surface area contributed by atoms with Crippen molar-refractivity contribution < 1.29 is 14.3 Å². The molecule has 0 aromatic rings. The lowest BCUT2D eigenvalue weighted by molar-refractivity contribution is -0.158. The van der Waals surface area contributed by atoms with E-state index >= 15 is 0 Å². The molecule has 0 radical (unpaired) electrons. The summed E-state index contributed by atoms with van der Waals surface area (Å²) in [4.78, 5) is 11.6. The lowest BCUT2D eigenvalue weighted by Gasteiger charge is -2.32. The molecule has 0 fully saturated rings. The number of alkyl halides is 1. The normalized spacial score (nSPS) is 29.1. The van der Waals surface area contributed by atoms with E-state index < -0.39 is 0 Å². The van der Waals surface area contributed by atoms with Crippen molar-refractivity contribution in [3.63, 3.8) is 0 Å². The average Bonchev–Trinajstić information content (AvgIpc) is 2.43. The van der Waals surface area contributed by atoms with E-state index in [-0.39, 0.29) is 29.1 Å². The van der Waals surface area contributed by atoms with E-state index in [0.717, 1.165) is 19.3 Å². The van der Waals surface area contributed by atoms with Gasteiger partial charge in [0, 0.05) is 18.2 Å². The van der Waals surface area contributed by atoms with Gasteiger partial charge in [0.25, 0.3) is 0 Å². The van der Waals surface area contributed by atoms with Gasteiger partial charge in [-0.2, -0.15) is 0 Å². The van der Waals surface area contributed by atoms with Crippen molar-refractivity contribution in [1.82, 2.24) is 0 Å². The standard InChI is InChI=1S/C17H23BrO3/c1-4-6-7-11-16(20-13(3)19)17-12-9-8-10-14(18)15(5-2)21-17/h1,6-9,14-17H,5,10-12H2,2-3H3/b7-6?,9-8-. The SMILES string of the molecule is C#CC=CCC(OC(C)=O)C1C/C=C\CC(Br)C(CC)O1. The summed E-state index contributed by atoms with van der Waals surface area (Å²) < 4.78 is 11.6. The largest absolute Gasteiger partial charge is 0.459 e. The summed E-state index contributed by atoms with van der Waals surface area (Å²) in [5, 5.41) is 0. The van der Waals surface area contributed by atoms with Crippen molar-refractivity contribution in [3.8, 4) is 12.3 Å². The minimum absolute atomic E-state index is 0.106. The summed E-state index contributed by atoms with van der Waals surface area (Å²) in [6, 6.07) is 0. The zero-order valence-electron chi connectivity index (χ0n) is 12.6. The number of terminal acetylenes is 1. The van der Waals surface area contributed by atoms with Crippen LogP contribution in [0.4, 0.5) is 0 Å².